The number of nitrogens with one attached hydrogen (secondary N) is 1. The zero-order valence-corrected chi connectivity index (χ0v) is 18.6. The highest BCUT2D eigenvalue weighted by Gasteiger charge is 2.28. The summed E-state index contributed by atoms with van der Waals surface area (Å²) in [6, 6.07) is 6.51. The van der Waals surface area contributed by atoms with Crippen molar-refractivity contribution in [1.82, 2.24) is 19.3 Å². The number of nitrogens with zero attached hydrogens (tertiary/aromatic N) is 4. The third-order valence-corrected chi connectivity index (χ3v) is 7.77. The first-order chi connectivity index (χ1) is 14.9. The standard InChI is InChI=1S/C21H29N5O4S/c1-16-22-21(30-24-16)17-6-5-10-25(15-17)13-9-20(27)23-18-7-4-8-19(14-18)31(28,29)26-11-2-3-12-26/h4,7-8,14,17H,2-3,5-6,9-13,15H2,1H3,(H,23,27). The summed E-state index contributed by atoms with van der Waals surface area (Å²) in [5.41, 5.74) is 0.503. The smallest absolute Gasteiger partial charge is 0.243 e. The fraction of sp³-hybridized carbons (Fsp3) is 0.571. The van der Waals surface area contributed by atoms with Gasteiger partial charge >= 0.3 is 0 Å². The van der Waals surface area contributed by atoms with E-state index in [1.165, 1.54) is 4.31 Å². The van der Waals surface area contributed by atoms with Crippen molar-refractivity contribution in [1.29, 1.82) is 0 Å². The summed E-state index contributed by atoms with van der Waals surface area (Å²) >= 11 is 0. The van der Waals surface area contributed by atoms with Crippen molar-refractivity contribution in [2.75, 3.05) is 38.0 Å². The van der Waals surface area contributed by atoms with Crippen molar-refractivity contribution >= 4 is 21.6 Å². The molecule has 2 saturated heterocycles. The van der Waals surface area contributed by atoms with E-state index in [2.05, 4.69) is 20.4 Å². The highest BCUT2D eigenvalue weighted by molar-refractivity contribution is 7.89. The number of carbonyl (C=O) groups is 1. The molecule has 1 unspecified atom stereocenters. The van der Waals surface area contributed by atoms with Crippen LogP contribution in [0.4, 0.5) is 5.69 Å². The number of rotatable bonds is 7. The Balaban J connectivity index is 1.31. The molecule has 3 heterocycles. The molecule has 2 aliphatic rings. The number of carbonyl (C=O) groups excluding carboxylic acids is 1. The zero-order chi connectivity index (χ0) is 21.8. The van der Waals surface area contributed by atoms with Crippen molar-refractivity contribution in [2.24, 2.45) is 0 Å². The van der Waals surface area contributed by atoms with Crippen LogP contribution in [-0.2, 0) is 14.8 Å². The predicted octanol–water partition coefficient (Wildman–Crippen LogP) is 2.37. The van der Waals surface area contributed by atoms with E-state index in [1.54, 1.807) is 24.3 Å². The number of likely N-dealkylation sites (tertiary alicyclic amines) is 1. The monoisotopic (exact) mass is 447 g/mol. The molecule has 0 bridgehead atoms. The lowest BCUT2D eigenvalue weighted by molar-refractivity contribution is -0.116. The normalized spacial score (nSPS) is 20.7. The summed E-state index contributed by atoms with van der Waals surface area (Å²) in [7, 11) is -3.50. The van der Waals surface area contributed by atoms with E-state index in [1.807, 2.05) is 6.92 Å². The predicted molar refractivity (Wildman–Crippen MR) is 115 cm³/mol. The maximum atomic E-state index is 12.7. The van der Waals surface area contributed by atoms with Crippen LogP contribution in [0.25, 0.3) is 0 Å². The van der Waals surface area contributed by atoms with E-state index < -0.39 is 10.0 Å². The molecule has 0 spiro atoms. The molecule has 0 saturated carbocycles. The number of aromatic nitrogens is 2. The molecule has 2 fully saturated rings. The number of amides is 1. The largest absolute Gasteiger partial charge is 0.339 e. The number of hydrogen-bond donors (Lipinski definition) is 1. The van der Waals surface area contributed by atoms with Gasteiger partial charge in [0.1, 0.15) is 0 Å². The molecule has 2 aliphatic heterocycles. The Morgan fingerprint density at radius 3 is 2.77 bits per heavy atom. The fourth-order valence-electron chi connectivity index (χ4n) is 4.23. The fourth-order valence-corrected chi connectivity index (χ4v) is 5.80. The molecule has 2 aromatic rings. The Morgan fingerprint density at radius 2 is 2.03 bits per heavy atom. The van der Waals surface area contributed by atoms with Crippen molar-refractivity contribution in [3.8, 4) is 0 Å². The van der Waals surface area contributed by atoms with Crippen LogP contribution in [0.5, 0.6) is 0 Å². The van der Waals surface area contributed by atoms with Crippen LogP contribution in [0.2, 0.25) is 0 Å². The van der Waals surface area contributed by atoms with E-state index >= 15 is 0 Å². The highest BCUT2D eigenvalue weighted by atomic mass is 32.2. The highest BCUT2D eigenvalue weighted by Crippen LogP contribution is 2.26. The quantitative estimate of drug-likeness (QED) is 0.694. The molecule has 0 aliphatic carbocycles. The van der Waals surface area contributed by atoms with E-state index in [4.69, 9.17) is 4.52 Å². The van der Waals surface area contributed by atoms with Gasteiger partial charge in [0.05, 0.1) is 10.8 Å². The first-order valence-corrected chi connectivity index (χ1v) is 12.3. The van der Waals surface area contributed by atoms with Crippen LogP contribution in [0, 0.1) is 6.92 Å². The van der Waals surface area contributed by atoms with Crippen LogP contribution in [0.1, 0.15) is 49.7 Å². The lowest BCUT2D eigenvalue weighted by Crippen LogP contribution is -2.36. The summed E-state index contributed by atoms with van der Waals surface area (Å²) < 4.78 is 32.3. The Bertz CT molecular complexity index is 1020. The van der Waals surface area contributed by atoms with Crippen molar-refractivity contribution in [3.63, 3.8) is 0 Å². The molecule has 1 amide bonds. The van der Waals surface area contributed by atoms with E-state index in [0.29, 0.717) is 43.5 Å². The van der Waals surface area contributed by atoms with Gasteiger partial charge in [-0.05, 0) is 57.4 Å². The Labute approximate surface area is 182 Å². The van der Waals surface area contributed by atoms with E-state index in [9.17, 15) is 13.2 Å². The molecule has 10 heteroatoms. The third kappa shape index (κ3) is 5.31. The Kier molecular flexibility index (Phi) is 6.68. The molecule has 1 atom stereocenters. The SMILES string of the molecule is Cc1noc(C2CCCN(CCC(=O)Nc3cccc(S(=O)(=O)N4CCCC4)c3)C2)n1. The first-order valence-electron chi connectivity index (χ1n) is 10.8. The Hall–Kier alpha value is -2.30. The molecular weight excluding hydrogens is 418 g/mol. The lowest BCUT2D eigenvalue weighted by Gasteiger charge is -2.30. The third-order valence-electron chi connectivity index (χ3n) is 5.87. The summed E-state index contributed by atoms with van der Waals surface area (Å²) in [4.78, 5) is 19.3. The van der Waals surface area contributed by atoms with E-state index in [0.717, 1.165) is 38.8 Å². The van der Waals surface area contributed by atoms with Gasteiger partial charge in [-0.1, -0.05) is 11.2 Å². The van der Waals surface area contributed by atoms with Gasteiger partial charge in [0.25, 0.3) is 0 Å². The number of piperidine rings is 1. The Morgan fingerprint density at radius 1 is 1.23 bits per heavy atom. The van der Waals surface area contributed by atoms with Crippen LogP contribution in [0.3, 0.4) is 0 Å². The molecule has 0 radical (unpaired) electrons. The molecule has 1 aromatic carbocycles. The van der Waals surface area contributed by atoms with Crippen LogP contribution >= 0.6 is 0 Å². The molecular formula is C21H29N5O4S. The van der Waals surface area contributed by atoms with Crippen LogP contribution in [0.15, 0.2) is 33.7 Å². The van der Waals surface area contributed by atoms with Gasteiger partial charge in [-0.2, -0.15) is 9.29 Å². The van der Waals surface area contributed by atoms with Crippen LogP contribution < -0.4 is 5.32 Å². The lowest BCUT2D eigenvalue weighted by atomic mass is 9.98. The molecule has 1 N–H and O–H groups in total. The van der Waals surface area contributed by atoms with Gasteiger partial charge < -0.3 is 14.7 Å². The minimum atomic E-state index is -3.50. The van der Waals surface area contributed by atoms with Gasteiger partial charge in [0.2, 0.25) is 21.8 Å². The molecule has 1 aromatic heterocycles. The first kappa shape index (κ1) is 21.9. The minimum Gasteiger partial charge on any atom is -0.339 e. The van der Waals surface area contributed by atoms with E-state index in [-0.39, 0.29) is 16.7 Å². The summed E-state index contributed by atoms with van der Waals surface area (Å²) in [5, 5.41) is 6.71. The molecule has 168 valence electrons. The number of hydrogen-bond acceptors (Lipinski definition) is 7. The summed E-state index contributed by atoms with van der Waals surface area (Å²) in [6.07, 6.45) is 4.13. The molecule has 4 rings (SSSR count). The topological polar surface area (TPSA) is 109 Å². The zero-order valence-electron chi connectivity index (χ0n) is 17.8. The average molecular weight is 448 g/mol. The maximum Gasteiger partial charge on any atom is 0.243 e. The summed E-state index contributed by atoms with van der Waals surface area (Å²) in [6.45, 7) is 5.27. The number of aryl methyl sites for hydroxylation is 1. The maximum absolute atomic E-state index is 12.7. The second-order valence-electron chi connectivity index (χ2n) is 8.26. The summed E-state index contributed by atoms with van der Waals surface area (Å²) in [5.74, 6) is 1.38. The van der Waals surface area contributed by atoms with Gasteiger partial charge in [-0.15, -0.1) is 0 Å². The van der Waals surface area contributed by atoms with Crippen molar-refractivity contribution < 1.29 is 17.7 Å². The van der Waals surface area contributed by atoms with Crippen LogP contribution in [-0.4, -0.2) is 66.4 Å². The van der Waals surface area contributed by atoms with Gasteiger partial charge in [0, 0.05) is 38.3 Å². The van der Waals surface area contributed by atoms with Gasteiger partial charge in [-0.3, -0.25) is 4.79 Å². The number of anilines is 1. The number of benzene rings is 1. The average Bonchev–Trinajstić information content (AvgIpc) is 3.45. The second kappa shape index (κ2) is 9.46. The van der Waals surface area contributed by atoms with Crippen molar-refractivity contribution in [2.45, 2.75) is 49.8 Å². The van der Waals surface area contributed by atoms with Crippen molar-refractivity contribution in [3.05, 3.63) is 36.0 Å². The molecule has 31 heavy (non-hydrogen) atoms. The van der Waals surface area contributed by atoms with Gasteiger partial charge in [0.15, 0.2) is 5.82 Å². The molecule has 9 nitrogen and oxygen atoms in total. The minimum absolute atomic E-state index is 0.133. The number of sulfonamides is 1. The second-order valence-corrected chi connectivity index (χ2v) is 10.2. The van der Waals surface area contributed by atoms with Gasteiger partial charge in [-0.25, -0.2) is 8.42 Å².